The summed E-state index contributed by atoms with van der Waals surface area (Å²) in [6.45, 7) is 3.55. The summed E-state index contributed by atoms with van der Waals surface area (Å²) in [4.78, 5) is 19.9. The molecule has 2 heterocycles. The molecule has 0 unspecified atom stereocenters. The van der Waals surface area contributed by atoms with Crippen LogP contribution in [0, 0.1) is 12.3 Å². The molecular formula is C20H26N4O. The number of H-pyrrole nitrogens is 1. The number of amides is 1. The number of aromatic amines is 1. The number of carbonyl (C=O) groups is 1. The number of rotatable bonds is 4. The Kier molecular flexibility index (Phi) is 4.32. The zero-order chi connectivity index (χ0) is 17.3. The third kappa shape index (κ3) is 3.20. The van der Waals surface area contributed by atoms with Crippen LogP contribution < -0.4 is 0 Å². The summed E-state index contributed by atoms with van der Waals surface area (Å²) in [6.07, 6.45) is 6.16. The summed E-state index contributed by atoms with van der Waals surface area (Å²) < 4.78 is 0. The molecule has 5 nitrogen and oxygen atoms in total. The highest BCUT2D eigenvalue weighted by Crippen LogP contribution is 2.46. The van der Waals surface area contributed by atoms with Gasteiger partial charge >= 0.3 is 0 Å². The third-order valence-electron chi connectivity index (χ3n) is 5.84. The number of benzene rings is 1. The zero-order valence-corrected chi connectivity index (χ0v) is 14.9. The molecule has 1 atom stereocenters. The van der Waals surface area contributed by atoms with Gasteiger partial charge in [-0.2, -0.15) is 5.10 Å². The Morgan fingerprint density at radius 2 is 2.08 bits per heavy atom. The molecule has 1 amide bonds. The molecular weight excluding hydrogens is 312 g/mol. The molecule has 0 radical (unpaired) electrons. The highest BCUT2D eigenvalue weighted by Gasteiger charge is 2.47. The van der Waals surface area contributed by atoms with Crippen LogP contribution >= 0.6 is 0 Å². The van der Waals surface area contributed by atoms with Crippen molar-refractivity contribution < 1.29 is 4.79 Å². The van der Waals surface area contributed by atoms with Gasteiger partial charge in [0.1, 0.15) is 5.82 Å². The smallest absolute Gasteiger partial charge is 0.229 e. The van der Waals surface area contributed by atoms with Crippen LogP contribution in [0.1, 0.15) is 55.2 Å². The van der Waals surface area contributed by atoms with Gasteiger partial charge < -0.3 is 4.90 Å². The Morgan fingerprint density at radius 3 is 2.72 bits per heavy atom. The van der Waals surface area contributed by atoms with Crippen molar-refractivity contribution in [1.82, 2.24) is 20.1 Å². The predicted octanol–water partition coefficient (Wildman–Crippen LogP) is 3.23. The molecule has 1 aromatic carbocycles. The number of hydrogen-bond acceptors (Lipinski definition) is 3. The fraction of sp³-hybridized carbons (Fsp3) is 0.550. The van der Waals surface area contributed by atoms with E-state index in [1.54, 1.807) is 0 Å². The largest absolute Gasteiger partial charge is 0.341 e. The Morgan fingerprint density at radius 1 is 1.28 bits per heavy atom. The first-order chi connectivity index (χ1) is 12.2. The highest BCUT2D eigenvalue weighted by atomic mass is 16.2. The van der Waals surface area contributed by atoms with Gasteiger partial charge in [-0.05, 0) is 44.6 Å². The van der Waals surface area contributed by atoms with Gasteiger partial charge in [-0.3, -0.25) is 9.89 Å². The monoisotopic (exact) mass is 338 g/mol. The maximum atomic E-state index is 13.4. The van der Waals surface area contributed by atoms with E-state index < -0.39 is 0 Å². The van der Waals surface area contributed by atoms with E-state index in [0.29, 0.717) is 5.91 Å². The molecule has 0 spiro atoms. The minimum Gasteiger partial charge on any atom is -0.341 e. The second-order valence-electron chi connectivity index (χ2n) is 7.67. The summed E-state index contributed by atoms with van der Waals surface area (Å²) >= 11 is 0. The van der Waals surface area contributed by atoms with E-state index in [1.807, 2.05) is 13.0 Å². The molecule has 25 heavy (non-hydrogen) atoms. The van der Waals surface area contributed by atoms with Crippen molar-refractivity contribution >= 4 is 5.91 Å². The number of nitrogens with one attached hydrogen (secondary N) is 1. The van der Waals surface area contributed by atoms with Crippen LogP contribution in [-0.4, -0.2) is 39.1 Å². The standard InChI is InChI=1S/C20H26N4O/c1-15-21-18(23-22-15)17-9-5-12-24(14-17)19(25)20(10-6-11-20)13-16-7-3-2-4-8-16/h2-4,7-8,17H,5-6,9-14H2,1H3,(H,21,22,23)/t17-/m0/s1. The van der Waals surface area contributed by atoms with E-state index in [2.05, 4.69) is 44.3 Å². The van der Waals surface area contributed by atoms with Gasteiger partial charge in [0, 0.05) is 19.0 Å². The molecule has 5 heteroatoms. The van der Waals surface area contributed by atoms with Crippen LogP contribution in [0.25, 0.3) is 0 Å². The van der Waals surface area contributed by atoms with Crippen LogP contribution in [0.3, 0.4) is 0 Å². The molecule has 4 rings (SSSR count). The fourth-order valence-electron chi connectivity index (χ4n) is 4.31. The van der Waals surface area contributed by atoms with Crippen LogP contribution in [0.5, 0.6) is 0 Å². The molecule has 1 saturated carbocycles. The minimum atomic E-state index is -0.182. The number of hydrogen-bond donors (Lipinski definition) is 1. The van der Waals surface area contributed by atoms with E-state index in [1.165, 1.54) is 5.56 Å². The SMILES string of the molecule is Cc1nc([C@H]2CCCN(C(=O)C3(Cc4ccccc4)CCC3)C2)n[nH]1. The lowest BCUT2D eigenvalue weighted by Crippen LogP contribution is -2.51. The van der Waals surface area contributed by atoms with Crippen LogP contribution in [0.2, 0.25) is 0 Å². The molecule has 1 aliphatic heterocycles. The van der Waals surface area contributed by atoms with Crippen LogP contribution in [0.4, 0.5) is 0 Å². The zero-order valence-electron chi connectivity index (χ0n) is 14.9. The van der Waals surface area contributed by atoms with Gasteiger partial charge in [0.2, 0.25) is 5.91 Å². The quantitative estimate of drug-likeness (QED) is 0.931. The van der Waals surface area contributed by atoms with E-state index in [4.69, 9.17) is 0 Å². The third-order valence-corrected chi connectivity index (χ3v) is 5.84. The maximum Gasteiger partial charge on any atom is 0.229 e. The van der Waals surface area contributed by atoms with E-state index in [9.17, 15) is 4.79 Å². The van der Waals surface area contributed by atoms with Crippen molar-refractivity contribution in [2.24, 2.45) is 5.41 Å². The van der Waals surface area contributed by atoms with Gasteiger partial charge in [0.25, 0.3) is 0 Å². The van der Waals surface area contributed by atoms with Gasteiger partial charge in [0.05, 0.1) is 5.41 Å². The molecule has 1 aromatic heterocycles. The number of piperidine rings is 1. The first kappa shape index (κ1) is 16.3. The van der Waals surface area contributed by atoms with E-state index in [0.717, 1.165) is 63.3 Å². The van der Waals surface area contributed by atoms with Gasteiger partial charge in [-0.1, -0.05) is 36.8 Å². The topological polar surface area (TPSA) is 61.9 Å². The van der Waals surface area contributed by atoms with Crippen molar-refractivity contribution in [2.45, 2.75) is 51.4 Å². The molecule has 1 aliphatic carbocycles. The lowest BCUT2D eigenvalue weighted by Gasteiger charge is -2.45. The molecule has 0 bridgehead atoms. The second-order valence-corrected chi connectivity index (χ2v) is 7.67. The summed E-state index contributed by atoms with van der Waals surface area (Å²) in [6, 6.07) is 10.4. The summed E-state index contributed by atoms with van der Waals surface area (Å²) in [5, 5.41) is 7.25. The summed E-state index contributed by atoms with van der Waals surface area (Å²) in [5.74, 6) is 2.31. The number of aromatic nitrogens is 3. The van der Waals surface area contributed by atoms with Gasteiger partial charge in [-0.25, -0.2) is 4.98 Å². The second kappa shape index (κ2) is 6.62. The molecule has 2 fully saturated rings. The first-order valence-corrected chi connectivity index (χ1v) is 9.38. The van der Waals surface area contributed by atoms with Crippen LogP contribution in [0.15, 0.2) is 30.3 Å². The Balaban J connectivity index is 1.49. The molecule has 2 aromatic rings. The molecule has 132 valence electrons. The van der Waals surface area contributed by atoms with Crippen molar-refractivity contribution in [2.75, 3.05) is 13.1 Å². The Labute approximate surface area is 148 Å². The van der Waals surface area contributed by atoms with Crippen molar-refractivity contribution in [3.05, 3.63) is 47.5 Å². The Hall–Kier alpha value is -2.17. The average molecular weight is 338 g/mol. The maximum absolute atomic E-state index is 13.4. The van der Waals surface area contributed by atoms with Gasteiger partial charge in [-0.15, -0.1) is 0 Å². The lowest BCUT2D eigenvalue weighted by atomic mass is 9.64. The van der Waals surface area contributed by atoms with Crippen molar-refractivity contribution in [1.29, 1.82) is 0 Å². The van der Waals surface area contributed by atoms with E-state index in [-0.39, 0.29) is 11.3 Å². The summed E-state index contributed by atoms with van der Waals surface area (Å²) in [7, 11) is 0. The lowest BCUT2D eigenvalue weighted by molar-refractivity contribution is -0.148. The highest BCUT2D eigenvalue weighted by molar-refractivity contribution is 5.84. The number of aryl methyl sites for hydroxylation is 1. The summed E-state index contributed by atoms with van der Waals surface area (Å²) in [5.41, 5.74) is 1.09. The number of likely N-dealkylation sites (tertiary alicyclic amines) is 1. The van der Waals surface area contributed by atoms with Gasteiger partial charge in [0.15, 0.2) is 5.82 Å². The average Bonchev–Trinajstić information content (AvgIpc) is 3.05. The minimum absolute atomic E-state index is 0.182. The van der Waals surface area contributed by atoms with Crippen LogP contribution in [-0.2, 0) is 11.2 Å². The van der Waals surface area contributed by atoms with E-state index >= 15 is 0 Å². The number of carbonyl (C=O) groups excluding carboxylic acids is 1. The molecule has 1 saturated heterocycles. The predicted molar refractivity (Wildman–Crippen MR) is 96.1 cm³/mol. The Bertz CT molecular complexity index is 735. The number of nitrogens with zero attached hydrogens (tertiary/aromatic N) is 3. The molecule has 2 aliphatic rings. The normalized spacial score (nSPS) is 22.4. The van der Waals surface area contributed by atoms with Crippen molar-refractivity contribution in [3.8, 4) is 0 Å². The van der Waals surface area contributed by atoms with Crippen molar-refractivity contribution in [3.63, 3.8) is 0 Å². The molecule has 1 N–H and O–H groups in total. The first-order valence-electron chi connectivity index (χ1n) is 9.38. The fourth-order valence-corrected chi connectivity index (χ4v) is 4.31.